The Labute approximate surface area is 113 Å². The van der Waals surface area contributed by atoms with Crippen LogP contribution in [0.5, 0.6) is 0 Å². The normalized spacial score (nSPS) is 15.7. The number of sulfonamides is 1. The average molecular weight is 301 g/mol. The van der Waals surface area contributed by atoms with Gasteiger partial charge in [0.1, 0.15) is 0 Å². The highest BCUT2D eigenvalue weighted by Crippen LogP contribution is 2.31. The predicted octanol–water partition coefficient (Wildman–Crippen LogP) is 1.41. The minimum atomic E-state index is -3.64. The maximum absolute atomic E-state index is 11.2. The lowest BCUT2D eigenvalue weighted by Gasteiger charge is -2.26. The fourth-order valence-corrected chi connectivity index (χ4v) is 4.39. The van der Waals surface area contributed by atoms with Gasteiger partial charge >= 0.3 is 0 Å². The van der Waals surface area contributed by atoms with Crippen molar-refractivity contribution >= 4 is 37.8 Å². The summed E-state index contributed by atoms with van der Waals surface area (Å²) in [5, 5.41) is 7.89. The van der Waals surface area contributed by atoms with Gasteiger partial charge in [0, 0.05) is 18.0 Å². The Kier molecular flexibility index (Phi) is 2.89. The van der Waals surface area contributed by atoms with Crippen molar-refractivity contribution in [3.05, 3.63) is 28.1 Å². The van der Waals surface area contributed by atoms with Crippen LogP contribution in [0.25, 0.3) is 0 Å². The van der Waals surface area contributed by atoms with Crippen LogP contribution in [0.4, 0.5) is 5.13 Å². The van der Waals surface area contributed by atoms with Crippen LogP contribution >= 0.6 is 22.7 Å². The van der Waals surface area contributed by atoms with Crippen LogP contribution < -0.4 is 10.0 Å². The first-order chi connectivity index (χ1) is 8.54. The lowest BCUT2D eigenvalue weighted by atomic mass is 10.1. The minimum Gasteiger partial charge on any atom is -0.343 e. The zero-order chi connectivity index (χ0) is 12.8. The molecule has 1 aliphatic rings. The van der Waals surface area contributed by atoms with Gasteiger partial charge in [-0.15, -0.1) is 11.3 Å². The summed E-state index contributed by atoms with van der Waals surface area (Å²) in [4.78, 5) is 7.66. The van der Waals surface area contributed by atoms with Crippen molar-refractivity contribution in [2.45, 2.75) is 17.2 Å². The second-order valence-corrected chi connectivity index (χ2v) is 7.85. The number of rotatable bonds is 2. The highest BCUT2D eigenvalue weighted by molar-refractivity contribution is 7.91. The van der Waals surface area contributed by atoms with E-state index in [2.05, 4.69) is 21.3 Å². The van der Waals surface area contributed by atoms with E-state index < -0.39 is 10.0 Å². The average Bonchev–Trinajstić information content (AvgIpc) is 2.96. The van der Waals surface area contributed by atoms with Crippen molar-refractivity contribution < 1.29 is 8.42 Å². The summed E-state index contributed by atoms with van der Waals surface area (Å²) in [7, 11) is -3.64. The molecule has 96 valence electrons. The third kappa shape index (κ3) is 2.16. The molecule has 2 aromatic heterocycles. The molecule has 2 N–H and O–H groups in total. The summed E-state index contributed by atoms with van der Waals surface area (Å²) >= 11 is 2.90. The number of aromatic nitrogens is 1. The number of hydrogen-bond acceptors (Lipinski definition) is 6. The number of primary sulfonamides is 1. The molecule has 0 aliphatic carbocycles. The number of nitrogens with zero attached hydrogens (tertiary/aromatic N) is 2. The molecule has 0 saturated carbocycles. The molecule has 18 heavy (non-hydrogen) atoms. The summed E-state index contributed by atoms with van der Waals surface area (Å²) in [5.41, 5.74) is 1.30. The number of anilines is 1. The zero-order valence-corrected chi connectivity index (χ0v) is 11.8. The molecule has 8 heteroatoms. The number of thiophene rings is 1. The molecule has 3 heterocycles. The second-order valence-electron chi connectivity index (χ2n) is 4.05. The molecule has 2 aromatic rings. The van der Waals surface area contributed by atoms with E-state index in [0.29, 0.717) is 0 Å². The SMILES string of the molecule is NS(=O)(=O)c1cnc(N2CCc3sccc3C2)s1. The second kappa shape index (κ2) is 4.30. The first kappa shape index (κ1) is 12.1. The first-order valence-corrected chi connectivity index (χ1v) is 8.57. The highest BCUT2D eigenvalue weighted by Gasteiger charge is 2.21. The Hall–Kier alpha value is -0.960. The van der Waals surface area contributed by atoms with E-state index >= 15 is 0 Å². The van der Waals surface area contributed by atoms with Crippen molar-refractivity contribution in [1.82, 2.24) is 4.98 Å². The molecule has 3 rings (SSSR count). The smallest absolute Gasteiger partial charge is 0.249 e. The van der Waals surface area contributed by atoms with E-state index in [1.165, 1.54) is 16.6 Å². The van der Waals surface area contributed by atoms with E-state index in [1.807, 2.05) is 0 Å². The predicted molar refractivity (Wildman–Crippen MR) is 72.6 cm³/mol. The van der Waals surface area contributed by atoms with Crippen LogP contribution in [0, 0.1) is 0 Å². The summed E-state index contributed by atoms with van der Waals surface area (Å²) < 4.78 is 22.6. The van der Waals surface area contributed by atoms with Gasteiger partial charge in [-0.05, 0) is 23.4 Å². The molecule has 1 aliphatic heterocycles. The molecule has 0 aromatic carbocycles. The molecular formula is C10H11N3O2S3. The Morgan fingerprint density at radius 3 is 3.00 bits per heavy atom. The van der Waals surface area contributed by atoms with Gasteiger partial charge in [0.2, 0.25) is 10.0 Å². The lowest BCUT2D eigenvalue weighted by Crippen LogP contribution is -2.29. The van der Waals surface area contributed by atoms with Crippen molar-refractivity contribution in [1.29, 1.82) is 0 Å². The van der Waals surface area contributed by atoms with Gasteiger partial charge in [-0.1, -0.05) is 11.3 Å². The first-order valence-electron chi connectivity index (χ1n) is 5.33. The number of thiazole rings is 1. The van der Waals surface area contributed by atoms with Gasteiger partial charge in [0.25, 0.3) is 0 Å². The van der Waals surface area contributed by atoms with Crippen LogP contribution in [0.2, 0.25) is 0 Å². The molecule has 0 unspecified atom stereocenters. The van der Waals surface area contributed by atoms with E-state index in [4.69, 9.17) is 5.14 Å². The Morgan fingerprint density at radius 1 is 1.44 bits per heavy atom. The van der Waals surface area contributed by atoms with Crippen molar-refractivity contribution in [2.75, 3.05) is 11.4 Å². The van der Waals surface area contributed by atoms with Crippen LogP contribution in [-0.2, 0) is 23.0 Å². The van der Waals surface area contributed by atoms with Crippen molar-refractivity contribution in [3.8, 4) is 0 Å². The maximum atomic E-state index is 11.2. The van der Waals surface area contributed by atoms with Gasteiger partial charge in [-0.2, -0.15) is 0 Å². The summed E-state index contributed by atoms with van der Waals surface area (Å²) in [6, 6.07) is 2.11. The fraction of sp³-hybridized carbons (Fsp3) is 0.300. The van der Waals surface area contributed by atoms with Gasteiger partial charge < -0.3 is 4.90 Å². The van der Waals surface area contributed by atoms with E-state index in [1.54, 1.807) is 11.3 Å². The van der Waals surface area contributed by atoms with Gasteiger partial charge in [0.15, 0.2) is 9.34 Å². The molecule has 0 spiro atoms. The quantitative estimate of drug-likeness (QED) is 0.910. The van der Waals surface area contributed by atoms with E-state index in [-0.39, 0.29) is 4.21 Å². The Bertz CT molecular complexity index is 674. The van der Waals surface area contributed by atoms with Crippen molar-refractivity contribution in [2.24, 2.45) is 5.14 Å². The largest absolute Gasteiger partial charge is 0.343 e. The van der Waals surface area contributed by atoms with E-state index in [9.17, 15) is 8.42 Å². The van der Waals surface area contributed by atoms with Gasteiger partial charge in [0.05, 0.1) is 6.20 Å². The molecule has 0 radical (unpaired) electrons. The molecule has 0 amide bonds. The topological polar surface area (TPSA) is 76.3 Å². The fourth-order valence-electron chi connectivity index (χ4n) is 1.94. The summed E-state index contributed by atoms with van der Waals surface area (Å²) in [6.45, 7) is 1.65. The highest BCUT2D eigenvalue weighted by atomic mass is 32.2. The molecule has 0 fully saturated rings. The van der Waals surface area contributed by atoms with Gasteiger partial charge in [-0.25, -0.2) is 18.5 Å². The number of hydrogen-bond donors (Lipinski definition) is 1. The molecule has 5 nitrogen and oxygen atoms in total. The lowest BCUT2D eigenvalue weighted by molar-refractivity contribution is 0.599. The van der Waals surface area contributed by atoms with Crippen LogP contribution in [0.1, 0.15) is 10.4 Å². The standard InChI is InChI=1S/C10H11N3O2S3/c11-18(14,15)9-5-12-10(17-9)13-3-1-8-7(6-13)2-4-16-8/h2,4-5H,1,3,6H2,(H2,11,14,15). The van der Waals surface area contributed by atoms with Crippen LogP contribution in [0.3, 0.4) is 0 Å². The molecular weight excluding hydrogens is 290 g/mol. The van der Waals surface area contributed by atoms with Crippen LogP contribution in [-0.4, -0.2) is 19.9 Å². The number of fused-ring (bicyclic) bond motifs is 1. The third-order valence-corrected chi connectivity index (χ3v) is 6.32. The maximum Gasteiger partial charge on any atom is 0.249 e. The van der Waals surface area contributed by atoms with E-state index in [0.717, 1.165) is 36.0 Å². The molecule has 0 atom stereocenters. The van der Waals surface area contributed by atoms with Crippen molar-refractivity contribution in [3.63, 3.8) is 0 Å². The summed E-state index contributed by atoms with van der Waals surface area (Å²) in [6.07, 6.45) is 2.32. The third-order valence-electron chi connectivity index (χ3n) is 2.83. The summed E-state index contributed by atoms with van der Waals surface area (Å²) in [5.74, 6) is 0. The van der Waals surface area contributed by atoms with Gasteiger partial charge in [-0.3, -0.25) is 0 Å². The van der Waals surface area contributed by atoms with Crippen LogP contribution in [0.15, 0.2) is 21.9 Å². The Morgan fingerprint density at radius 2 is 2.28 bits per heavy atom. The molecule has 0 bridgehead atoms. The molecule has 0 saturated heterocycles. The zero-order valence-electron chi connectivity index (χ0n) is 9.37. The number of nitrogens with two attached hydrogens (primary N) is 1. The minimum absolute atomic E-state index is 0.119. The monoisotopic (exact) mass is 301 g/mol. The Balaban J connectivity index is 1.87.